The van der Waals surface area contributed by atoms with E-state index in [0.717, 1.165) is 25.9 Å². The number of hydrogen-bond donors (Lipinski definition) is 1. The molecule has 1 heterocycles. The number of piperidine rings is 1. The van der Waals surface area contributed by atoms with Gasteiger partial charge in [0.05, 0.1) is 5.56 Å². The molecule has 1 N–H and O–H groups in total. The SMILES string of the molecule is CC1CCN(C(=O)COc2ccccc2C(=O)Nc2ccccc2)CC1. The number of rotatable bonds is 5. The van der Waals surface area contributed by atoms with Crippen LogP contribution in [0.1, 0.15) is 30.1 Å². The Labute approximate surface area is 154 Å². The molecule has 2 aromatic carbocycles. The van der Waals surface area contributed by atoms with Crippen LogP contribution < -0.4 is 10.1 Å². The first-order chi connectivity index (χ1) is 12.6. The minimum Gasteiger partial charge on any atom is -0.483 e. The molecule has 0 radical (unpaired) electrons. The van der Waals surface area contributed by atoms with Crippen LogP contribution in [0.15, 0.2) is 54.6 Å². The van der Waals surface area contributed by atoms with E-state index in [2.05, 4.69) is 12.2 Å². The lowest BCUT2D eigenvalue weighted by Gasteiger charge is -2.30. The molecule has 0 saturated carbocycles. The van der Waals surface area contributed by atoms with Gasteiger partial charge in [0.25, 0.3) is 11.8 Å². The van der Waals surface area contributed by atoms with Gasteiger partial charge >= 0.3 is 0 Å². The Morgan fingerprint density at radius 2 is 1.69 bits per heavy atom. The highest BCUT2D eigenvalue weighted by atomic mass is 16.5. The highest BCUT2D eigenvalue weighted by Crippen LogP contribution is 2.21. The molecule has 2 aromatic rings. The Hall–Kier alpha value is -2.82. The quantitative estimate of drug-likeness (QED) is 0.895. The molecule has 0 bridgehead atoms. The van der Waals surface area contributed by atoms with Crippen molar-refractivity contribution >= 4 is 17.5 Å². The van der Waals surface area contributed by atoms with Gasteiger partial charge in [-0.05, 0) is 43.0 Å². The van der Waals surface area contributed by atoms with E-state index < -0.39 is 0 Å². The van der Waals surface area contributed by atoms with Gasteiger partial charge < -0.3 is 15.0 Å². The average Bonchev–Trinajstić information content (AvgIpc) is 2.67. The maximum Gasteiger partial charge on any atom is 0.260 e. The second-order valence-electron chi connectivity index (χ2n) is 6.67. The molecule has 136 valence electrons. The average molecular weight is 352 g/mol. The van der Waals surface area contributed by atoms with E-state index in [9.17, 15) is 9.59 Å². The summed E-state index contributed by atoms with van der Waals surface area (Å²) in [7, 11) is 0. The highest BCUT2D eigenvalue weighted by Gasteiger charge is 2.21. The molecule has 3 rings (SSSR count). The number of nitrogens with zero attached hydrogens (tertiary/aromatic N) is 1. The van der Waals surface area contributed by atoms with E-state index in [1.807, 2.05) is 35.2 Å². The minimum atomic E-state index is -0.258. The summed E-state index contributed by atoms with van der Waals surface area (Å²) in [6.45, 7) is 3.71. The zero-order chi connectivity index (χ0) is 18.4. The number of amides is 2. The zero-order valence-corrected chi connectivity index (χ0v) is 15.0. The van der Waals surface area contributed by atoms with Gasteiger partial charge in [-0.25, -0.2) is 0 Å². The fourth-order valence-electron chi connectivity index (χ4n) is 2.99. The monoisotopic (exact) mass is 352 g/mol. The Balaban J connectivity index is 1.62. The molecule has 1 saturated heterocycles. The molecule has 1 aliphatic rings. The smallest absolute Gasteiger partial charge is 0.260 e. The fourth-order valence-corrected chi connectivity index (χ4v) is 2.99. The van der Waals surface area contributed by atoms with Crippen LogP contribution in [0.5, 0.6) is 5.75 Å². The summed E-state index contributed by atoms with van der Waals surface area (Å²) >= 11 is 0. The van der Waals surface area contributed by atoms with E-state index in [1.54, 1.807) is 24.3 Å². The van der Waals surface area contributed by atoms with Gasteiger partial charge in [0.1, 0.15) is 5.75 Å². The van der Waals surface area contributed by atoms with Gasteiger partial charge in [-0.2, -0.15) is 0 Å². The summed E-state index contributed by atoms with van der Waals surface area (Å²) in [5.74, 6) is 0.795. The number of nitrogens with one attached hydrogen (secondary N) is 1. The number of para-hydroxylation sites is 2. The topological polar surface area (TPSA) is 58.6 Å². The van der Waals surface area contributed by atoms with E-state index in [1.165, 1.54) is 0 Å². The molecular formula is C21H24N2O3. The van der Waals surface area contributed by atoms with Crippen LogP contribution in [-0.2, 0) is 4.79 Å². The summed E-state index contributed by atoms with van der Waals surface area (Å²) in [5.41, 5.74) is 1.13. The van der Waals surface area contributed by atoms with Crippen molar-refractivity contribution in [3.05, 3.63) is 60.2 Å². The Morgan fingerprint density at radius 3 is 2.42 bits per heavy atom. The number of ether oxygens (including phenoxy) is 1. The van der Waals surface area contributed by atoms with Crippen LogP contribution in [0.4, 0.5) is 5.69 Å². The molecule has 5 nitrogen and oxygen atoms in total. The second-order valence-corrected chi connectivity index (χ2v) is 6.67. The third-order valence-corrected chi connectivity index (χ3v) is 4.65. The Bertz CT molecular complexity index is 753. The standard InChI is InChI=1S/C21H24N2O3/c1-16-11-13-23(14-12-16)20(24)15-26-19-10-6-5-9-18(19)21(25)22-17-7-3-2-4-8-17/h2-10,16H,11-15H2,1H3,(H,22,25). The highest BCUT2D eigenvalue weighted by molar-refractivity contribution is 6.06. The molecule has 0 atom stereocenters. The molecule has 0 spiro atoms. The van der Waals surface area contributed by atoms with Crippen molar-refractivity contribution in [3.8, 4) is 5.75 Å². The number of anilines is 1. The van der Waals surface area contributed by atoms with Gasteiger partial charge in [-0.1, -0.05) is 37.3 Å². The summed E-state index contributed by atoms with van der Waals surface area (Å²) < 4.78 is 5.69. The lowest BCUT2D eigenvalue weighted by Crippen LogP contribution is -2.40. The molecule has 1 aliphatic heterocycles. The molecule has 0 unspecified atom stereocenters. The van der Waals surface area contributed by atoms with Crippen molar-refractivity contribution in [1.29, 1.82) is 0 Å². The van der Waals surface area contributed by atoms with Crippen molar-refractivity contribution in [2.75, 3.05) is 25.0 Å². The van der Waals surface area contributed by atoms with Crippen LogP contribution in [-0.4, -0.2) is 36.4 Å². The first-order valence-electron chi connectivity index (χ1n) is 8.99. The molecule has 0 aliphatic carbocycles. The minimum absolute atomic E-state index is 0.0322. The van der Waals surface area contributed by atoms with E-state index in [0.29, 0.717) is 22.9 Å². The largest absolute Gasteiger partial charge is 0.483 e. The summed E-state index contributed by atoms with van der Waals surface area (Å²) in [6, 6.07) is 16.2. The molecule has 26 heavy (non-hydrogen) atoms. The van der Waals surface area contributed by atoms with Gasteiger partial charge in [-0.3, -0.25) is 9.59 Å². The zero-order valence-electron chi connectivity index (χ0n) is 15.0. The lowest BCUT2D eigenvalue weighted by atomic mass is 9.99. The van der Waals surface area contributed by atoms with E-state index >= 15 is 0 Å². The maximum absolute atomic E-state index is 12.5. The van der Waals surface area contributed by atoms with Crippen molar-refractivity contribution < 1.29 is 14.3 Å². The van der Waals surface area contributed by atoms with Crippen molar-refractivity contribution in [2.45, 2.75) is 19.8 Å². The van der Waals surface area contributed by atoms with Crippen LogP contribution >= 0.6 is 0 Å². The van der Waals surface area contributed by atoms with E-state index in [-0.39, 0.29) is 18.4 Å². The predicted molar refractivity (Wildman–Crippen MR) is 101 cm³/mol. The third-order valence-electron chi connectivity index (χ3n) is 4.65. The second kappa shape index (κ2) is 8.52. The van der Waals surface area contributed by atoms with Crippen molar-refractivity contribution in [2.24, 2.45) is 5.92 Å². The molecule has 1 fully saturated rings. The van der Waals surface area contributed by atoms with Crippen molar-refractivity contribution in [3.63, 3.8) is 0 Å². The number of carbonyl (C=O) groups is 2. The first kappa shape index (κ1) is 18.0. The van der Waals surface area contributed by atoms with Crippen LogP contribution in [0.2, 0.25) is 0 Å². The third kappa shape index (κ3) is 4.63. The first-order valence-corrected chi connectivity index (χ1v) is 8.99. The molecule has 5 heteroatoms. The molecule has 0 aromatic heterocycles. The van der Waals surface area contributed by atoms with Crippen LogP contribution in [0.25, 0.3) is 0 Å². The summed E-state index contributed by atoms with van der Waals surface area (Å²) in [4.78, 5) is 26.7. The normalized spacial score (nSPS) is 14.7. The Morgan fingerprint density at radius 1 is 1.04 bits per heavy atom. The molecular weight excluding hydrogens is 328 g/mol. The van der Waals surface area contributed by atoms with Gasteiger partial charge in [0.15, 0.2) is 6.61 Å². The summed E-state index contributed by atoms with van der Waals surface area (Å²) in [5, 5.41) is 2.84. The van der Waals surface area contributed by atoms with Gasteiger partial charge in [0.2, 0.25) is 0 Å². The van der Waals surface area contributed by atoms with Crippen LogP contribution in [0.3, 0.4) is 0 Å². The molecule has 2 amide bonds. The van der Waals surface area contributed by atoms with Gasteiger partial charge in [0, 0.05) is 18.8 Å². The fraction of sp³-hybridized carbons (Fsp3) is 0.333. The Kier molecular flexibility index (Phi) is 5.89. The maximum atomic E-state index is 12.5. The van der Waals surface area contributed by atoms with Crippen molar-refractivity contribution in [1.82, 2.24) is 4.90 Å². The number of benzene rings is 2. The lowest BCUT2D eigenvalue weighted by molar-refractivity contribution is -0.134. The number of carbonyl (C=O) groups excluding carboxylic acids is 2. The van der Waals surface area contributed by atoms with Gasteiger partial charge in [-0.15, -0.1) is 0 Å². The number of hydrogen-bond acceptors (Lipinski definition) is 3. The van der Waals surface area contributed by atoms with Crippen LogP contribution in [0, 0.1) is 5.92 Å². The summed E-state index contributed by atoms with van der Waals surface area (Å²) in [6.07, 6.45) is 2.06. The predicted octanol–water partition coefficient (Wildman–Crippen LogP) is 3.58. The number of likely N-dealkylation sites (tertiary alicyclic amines) is 1. The van der Waals surface area contributed by atoms with E-state index in [4.69, 9.17) is 4.74 Å².